The van der Waals surface area contributed by atoms with Gasteiger partial charge in [-0.15, -0.1) is 0 Å². The highest BCUT2D eigenvalue weighted by Crippen LogP contribution is 2.20. The maximum absolute atomic E-state index is 12.3. The van der Waals surface area contributed by atoms with Crippen molar-refractivity contribution in [2.75, 3.05) is 20.7 Å². The van der Waals surface area contributed by atoms with E-state index < -0.39 is 28.3 Å². The Bertz CT molecular complexity index is 848. The Balaban J connectivity index is 2.45. The topological polar surface area (TPSA) is 98.8 Å². The first kappa shape index (κ1) is 15.3. The first-order valence-corrected chi connectivity index (χ1v) is 7.34. The predicted octanol–water partition coefficient (Wildman–Crippen LogP) is -0.0750. The minimum absolute atomic E-state index is 0.0734. The molecule has 0 aliphatic heterocycles. The van der Waals surface area contributed by atoms with Crippen molar-refractivity contribution in [2.24, 2.45) is 7.05 Å². The molecule has 0 unspecified atom stereocenters. The van der Waals surface area contributed by atoms with Gasteiger partial charge in [0.15, 0.2) is 5.58 Å². The van der Waals surface area contributed by atoms with Crippen molar-refractivity contribution in [1.29, 1.82) is 0 Å². The summed E-state index contributed by atoms with van der Waals surface area (Å²) in [5.41, 5.74) is 0.643. The quantitative estimate of drug-likeness (QED) is 0.732. The summed E-state index contributed by atoms with van der Waals surface area (Å²) in [5, 5.41) is 0. The summed E-state index contributed by atoms with van der Waals surface area (Å²) in [6.45, 7) is -0.407. The van der Waals surface area contributed by atoms with E-state index in [4.69, 9.17) is 4.42 Å². The van der Waals surface area contributed by atoms with Crippen molar-refractivity contribution in [1.82, 2.24) is 8.87 Å². The first-order chi connectivity index (χ1) is 9.77. The van der Waals surface area contributed by atoms with Gasteiger partial charge in [0.25, 0.3) is 0 Å². The molecule has 1 heterocycles. The Labute approximate surface area is 120 Å². The average molecular weight is 314 g/mol. The molecule has 0 fully saturated rings. The van der Waals surface area contributed by atoms with Crippen LogP contribution in [0.3, 0.4) is 0 Å². The minimum atomic E-state index is -3.88. The largest absolute Gasteiger partial charge is 0.468 e. The standard InChI is InChI=1S/C12H14N2O6S/c1-13(7-11(15)19-3)21(17,18)8-4-5-9-10(6-8)20-12(16)14(9)2/h4-6H,7H2,1-3H3. The number of aromatic nitrogens is 1. The molecule has 0 radical (unpaired) electrons. The fourth-order valence-electron chi connectivity index (χ4n) is 1.79. The van der Waals surface area contributed by atoms with Crippen LogP contribution in [0.15, 0.2) is 32.3 Å². The summed E-state index contributed by atoms with van der Waals surface area (Å²) in [6, 6.07) is 4.07. The number of hydrogen-bond donors (Lipinski definition) is 0. The van der Waals surface area contributed by atoms with Crippen molar-refractivity contribution >= 4 is 27.1 Å². The highest BCUT2D eigenvalue weighted by molar-refractivity contribution is 7.89. The minimum Gasteiger partial charge on any atom is -0.468 e. The normalized spacial score (nSPS) is 12.0. The molecule has 0 saturated carbocycles. The van der Waals surface area contributed by atoms with Gasteiger partial charge in [0.2, 0.25) is 10.0 Å². The van der Waals surface area contributed by atoms with Crippen molar-refractivity contribution in [3.63, 3.8) is 0 Å². The van der Waals surface area contributed by atoms with Crippen LogP contribution in [0.4, 0.5) is 0 Å². The van der Waals surface area contributed by atoms with Crippen LogP contribution in [0, 0.1) is 0 Å². The van der Waals surface area contributed by atoms with Crippen LogP contribution in [0.25, 0.3) is 11.1 Å². The van der Waals surface area contributed by atoms with E-state index in [1.54, 1.807) is 0 Å². The van der Waals surface area contributed by atoms with Crippen LogP contribution >= 0.6 is 0 Å². The third-order valence-corrected chi connectivity index (χ3v) is 4.85. The zero-order valence-electron chi connectivity index (χ0n) is 11.7. The van der Waals surface area contributed by atoms with Gasteiger partial charge in [0.1, 0.15) is 6.54 Å². The molecule has 2 aromatic rings. The Morgan fingerprint density at radius 1 is 1.43 bits per heavy atom. The number of likely N-dealkylation sites (N-methyl/N-ethyl adjacent to an activating group) is 1. The van der Waals surface area contributed by atoms with Gasteiger partial charge in [-0.1, -0.05) is 0 Å². The summed E-state index contributed by atoms with van der Waals surface area (Å²) in [4.78, 5) is 22.5. The zero-order chi connectivity index (χ0) is 15.8. The number of carbonyl (C=O) groups is 1. The van der Waals surface area contributed by atoms with Gasteiger partial charge >= 0.3 is 11.7 Å². The van der Waals surface area contributed by atoms with Crippen LogP contribution in [-0.2, 0) is 26.6 Å². The summed E-state index contributed by atoms with van der Waals surface area (Å²) >= 11 is 0. The molecule has 0 amide bonds. The van der Waals surface area contributed by atoms with Crippen LogP contribution in [0.2, 0.25) is 0 Å². The van der Waals surface area contributed by atoms with Gasteiger partial charge in [-0.05, 0) is 12.1 Å². The lowest BCUT2D eigenvalue weighted by Gasteiger charge is -2.15. The number of rotatable bonds is 4. The van der Waals surface area contributed by atoms with Gasteiger partial charge in [0.05, 0.1) is 17.5 Å². The fraction of sp³-hybridized carbons (Fsp3) is 0.333. The molecule has 0 bridgehead atoms. The van der Waals surface area contributed by atoms with Crippen molar-refractivity contribution < 1.29 is 22.4 Å². The van der Waals surface area contributed by atoms with E-state index in [1.165, 1.54) is 44.0 Å². The van der Waals surface area contributed by atoms with E-state index in [9.17, 15) is 18.0 Å². The van der Waals surface area contributed by atoms with Crippen LogP contribution < -0.4 is 5.76 Å². The van der Waals surface area contributed by atoms with Crippen LogP contribution in [-0.4, -0.2) is 44.0 Å². The molecule has 0 saturated heterocycles. The Hall–Kier alpha value is -2.13. The Kier molecular flexibility index (Phi) is 3.88. The number of esters is 1. The third kappa shape index (κ3) is 2.69. The second-order valence-corrected chi connectivity index (χ2v) is 6.44. The number of fused-ring (bicyclic) bond motifs is 1. The summed E-state index contributed by atoms with van der Waals surface area (Å²) in [7, 11) is 0.0772. The number of carbonyl (C=O) groups excluding carboxylic acids is 1. The molecule has 0 N–H and O–H groups in total. The van der Waals surface area contributed by atoms with Crippen LogP contribution in [0.1, 0.15) is 0 Å². The monoisotopic (exact) mass is 314 g/mol. The second kappa shape index (κ2) is 5.34. The van der Waals surface area contributed by atoms with E-state index in [0.29, 0.717) is 5.52 Å². The zero-order valence-corrected chi connectivity index (χ0v) is 12.5. The molecule has 2 rings (SSSR count). The predicted molar refractivity (Wildman–Crippen MR) is 73.3 cm³/mol. The number of benzene rings is 1. The molecule has 1 aromatic carbocycles. The molecule has 0 aliphatic rings. The number of methoxy groups -OCH3 is 1. The summed E-state index contributed by atoms with van der Waals surface area (Å²) in [5.74, 6) is -1.25. The van der Waals surface area contributed by atoms with E-state index >= 15 is 0 Å². The molecule has 1 aromatic heterocycles. The Morgan fingerprint density at radius 2 is 2.10 bits per heavy atom. The summed E-state index contributed by atoms with van der Waals surface area (Å²) in [6.07, 6.45) is 0. The molecular formula is C12H14N2O6S. The van der Waals surface area contributed by atoms with Crippen molar-refractivity contribution in [3.8, 4) is 0 Å². The smallest absolute Gasteiger partial charge is 0.419 e. The lowest BCUT2D eigenvalue weighted by Crippen LogP contribution is -2.32. The maximum atomic E-state index is 12.3. The fourth-order valence-corrected chi connectivity index (χ4v) is 2.92. The molecule has 21 heavy (non-hydrogen) atoms. The van der Waals surface area contributed by atoms with E-state index in [-0.39, 0.29) is 10.5 Å². The lowest BCUT2D eigenvalue weighted by atomic mass is 10.3. The van der Waals surface area contributed by atoms with Crippen LogP contribution in [0.5, 0.6) is 0 Å². The number of ether oxygens (including phenoxy) is 1. The molecule has 114 valence electrons. The number of sulfonamides is 1. The van der Waals surface area contributed by atoms with E-state index in [2.05, 4.69) is 4.74 Å². The van der Waals surface area contributed by atoms with Crippen molar-refractivity contribution in [2.45, 2.75) is 4.90 Å². The molecule has 8 nitrogen and oxygen atoms in total. The molecule has 9 heteroatoms. The average Bonchev–Trinajstić information content (AvgIpc) is 2.73. The lowest BCUT2D eigenvalue weighted by molar-refractivity contribution is -0.140. The van der Waals surface area contributed by atoms with E-state index in [0.717, 1.165) is 4.31 Å². The number of hydrogen-bond acceptors (Lipinski definition) is 6. The summed E-state index contributed by atoms with van der Waals surface area (Å²) < 4.78 is 36.1. The van der Waals surface area contributed by atoms with Gasteiger partial charge in [0, 0.05) is 20.2 Å². The van der Waals surface area contributed by atoms with Gasteiger partial charge in [-0.25, -0.2) is 13.2 Å². The van der Waals surface area contributed by atoms with Gasteiger partial charge in [-0.2, -0.15) is 4.31 Å². The first-order valence-electron chi connectivity index (χ1n) is 5.90. The third-order valence-electron chi connectivity index (χ3n) is 3.05. The number of aryl methyl sites for hydroxylation is 1. The number of oxazole rings is 1. The SMILES string of the molecule is COC(=O)CN(C)S(=O)(=O)c1ccc2c(c1)oc(=O)n2C. The van der Waals surface area contributed by atoms with Gasteiger partial charge in [-0.3, -0.25) is 9.36 Å². The van der Waals surface area contributed by atoms with Gasteiger partial charge < -0.3 is 9.15 Å². The van der Waals surface area contributed by atoms with Crippen molar-refractivity contribution in [3.05, 3.63) is 28.7 Å². The molecule has 0 spiro atoms. The highest BCUT2D eigenvalue weighted by atomic mass is 32.2. The second-order valence-electron chi connectivity index (χ2n) is 4.39. The number of nitrogens with zero attached hydrogens (tertiary/aromatic N) is 2. The van der Waals surface area contributed by atoms with E-state index in [1.807, 2.05) is 0 Å². The molecule has 0 atom stereocenters. The molecular weight excluding hydrogens is 300 g/mol. The Morgan fingerprint density at radius 3 is 2.71 bits per heavy atom. The maximum Gasteiger partial charge on any atom is 0.419 e. The molecule has 0 aliphatic carbocycles. The highest BCUT2D eigenvalue weighted by Gasteiger charge is 2.24.